The van der Waals surface area contributed by atoms with E-state index in [1.54, 1.807) is 36.4 Å². The first-order valence-electron chi connectivity index (χ1n) is 6.94. The van der Waals surface area contributed by atoms with Crippen molar-refractivity contribution in [3.63, 3.8) is 0 Å². The lowest BCUT2D eigenvalue weighted by molar-refractivity contribution is 0.102. The highest BCUT2D eigenvalue weighted by Crippen LogP contribution is 2.20. The van der Waals surface area contributed by atoms with Crippen molar-refractivity contribution in [2.24, 2.45) is 0 Å². The molecular formula is C18H13FN2O2. The maximum absolute atomic E-state index is 12.9. The minimum Gasteiger partial charge on any atom is -0.506 e. The van der Waals surface area contributed by atoms with E-state index >= 15 is 0 Å². The minimum atomic E-state index is -0.297. The Morgan fingerprint density at radius 3 is 2.09 bits per heavy atom. The molecule has 3 aromatic rings. The van der Waals surface area contributed by atoms with Crippen molar-refractivity contribution in [3.8, 4) is 16.9 Å². The van der Waals surface area contributed by atoms with Gasteiger partial charge in [0.15, 0.2) is 0 Å². The van der Waals surface area contributed by atoms with E-state index in [-0.39, 0.29) is 17.5 Å². The molecule has 1 heterocycles. The second kappa shape index (κ2) is 6.27. The van der Waals surface area contributed by atoms with E-state index in [1.165, 1.54) is 30.5 Å². The first-order valence-corrected chi connectivity index (χ1v) is 6.94. The van der Waals surface area contributed by atoms with Gasteiger partial charge in [-0.25, -0.2) is 9.37 Å². The number of amides is 1. The number of nitrogens with one attached hydrogen (secondary N) is 1. The molecule has 0 aliphatic rings. The normalized spacial score (nSPS) is 10.3. The van der Waals surface area contributed by atoms with Gasteiger partial charge >= 0.3 is 0 Å². The van der Waals surface area contributed by atoms with E-state index in [0.29, 0.717) is 11.4 Å². The number of aromatic nitrogens is 1. The Balaban J connectivity index is 1.74. The van der Waals surface area contributed by atoms with Crippen molar-refractivity contribution in [2.75, 3.05) is 5.32 Å². The number of rotatable bonds is 3. The molecule has 23 heavy (non-hydrogen) atoms. The summed E-state index contributed by atoms with van der Waals surface area (Å²) in [5, 5.41) is 11.8. The standard InChI is InChI=1S/C18H13FN2O2/c19-15-7-5-13(6-8-15)12-1-3-14(4-2-12)18(23)21-17-10-9-16(22)11-20-17/h1-11,22H,(H,20,21,23). The molecular weight excluding hydrogens is 295 g/mol. The molecule has 0 unspecified atom stereocenters. The highest BCUT2D eigenvalue weighted by atomic mass is 19.1. The Bertz CT molecular complexity index is 813. The summed E-state index contributed by atoms with van der Waals surface area (Å²) >= 11 is 0. The van der Waals surface area contributed by atoms with Crippen LogP contribution < -0.4 is 5.32 Å². The maximum atomic E-state index is 12.9. The number of halogens is 1. The van der Waals surface area contributed by atoms with Crippen LogP contribution in [0.25, 0.3) is 11.1 Å². The lowest BCUT2D eigenvalue weighted by Gasteiger charge is -2.06. The average molecular weight is 308 g/mol. The van der Waals surface area contributed by atoms with Gasteiger partial charge in [0.2, 0.25) is 0 Å². The van der Waals surface area contributed by atoms with Crippen LogP contribution in [-0.4, -0.2) is 16.0 Å². The van der Waals surface area contributed by atoms with E-state index in [0.717, 1.165) is 11.1 Å². The van der Waals surface area contributed by atoms with Gasteiger partial charge in [-0.15, -0.1) is 0 Å². The topological polar surface area (TPSA) is 62.2 Å². The fourth-order valence-corrected chi connectivity index (χ4v) is 2.10. The Hall–Kier alpha value is -3.21. The predicted molar refractivity (Wildman–Crippen MR) is 85.7 cm³/mol. The Kier molecular flexibility index (Phi) is 4.01. The molecule has 1 amide bonds. The van der Waals surface area contributed by atoms with Crippen LogP contribution in [0.4, 0.5) is 10.2 Å². The molecule has 0 saturated carbocycles. The zero-order chi connectivity index (χ0) is 16.2. The zero-order valence-electron chi connectivity index (χ0n) is 12.0. The van der Waals surface area contributed by atoms with Crippen molar-refractivity contribution >= 4 is 11.7 Å². The molecule has 114 valence electrons. The quantitative estimate of drug-likeness (QED) is 0.772. The van der Waals surface area contributed by atoms with Crippen LogP contribution >= 0.6 is 0 Å². The fourth-order valence-electron chi connectivity index (χ4n) is 2.10. The SMILES string of the molecule is O=C(Nc1ccc(O)cn1)c1ccc(-c2ccc(F)cc2)cc1. The van der Waals surface area contributed by atoms with E-state index < -0.39 is 0 Å². The number of anilines is 1. The van der Waals surface area contributed by atoms with Gasteiger partial charge in [-0.3, -0.25) is 4.79 Å². The van der Waals surface area contributed by atoms with Crippen LogP contribution in [0.2, 0.25) is 0 Å². The second-order valence-corrected chi connectivity index (χ2v) is 4.94. The lowest BCUT2D eigenvalue weighted by Crippen LogP contribution is -2.12. The molecule has 1 aromatic heterocycles. The second-order valence-electron chi connectivity index (χ2n) is 4.94. The molecule has 0 atom stereocenters. The van der Waals surface area contributed by atoms with E-state index in [1.807, 2.05) is 0 Å². The van der Waals surface area contributed by atoms with Gasteiger partial charge < -0.3 is 10.4 Å². The van der Waals surface area contributed by atoms with Crippen LogP contribution in [0.15, 0.2) is 66.9 Å². The summed E-state index contributed by atoms with van der Waals surface area (Å²) in [5.41, 5.74) is 2.24. The number of aromatic hydroxyl groups is 1. The van der Waals surface area contributed by atoms with Crippen molar-refractivity contribution < 1.29 is 14.3 Å². The first-order chi connectivity index (χ1) is 11.1. The molecule has 0 saturated heterocycles. The molecule has 0 spiro atoms. The smallest absolute Gasteiger partial charge is 0.256 e. The number of nitrogens with zero attached hydrogens (tertiary/aromatic N) is 1. The van der Waals surface area contributed by atoms with Crippen LogP contribution in [0.1, 0.15) is 10.4 Å². The number of pyridine rings is 1. The van der Waals surface area contributed by atoms with Gasteiger partial charge in [-0.2, -0.15) is 0 Å². The van der Waals surface area contributed by atoms with Gasteiger partial charge in [0.25, 0.3) is 5.91 Å². The van der Waals surface area contributed by atoms with Gasteiger partial charge in [0.05, 0.1) is 6.20 Å². The highest BCUT2D eigenvalue weighted by Gasteiger charge is 2.07. The monoisotopic (exact) mass is 308 g/mol. The predicted octanol–water partition coefficient (Wildman–Crippen LogP) is 3.85. The van der Waals surface area contributed by atoms with Crippen molar-refractivity contribution in [1.82, 2.24) is 4.98 Å². The van der Waals surface area contributed by atoms with Crippen LogP contribution in [-0.2, 0) is 0 Å². The van der Waals surface area contributed by atoms with Crippen LogP contribution in [0, 0.1) is 5.82 Å². The van der Waals surface area contributed by atoms with Gasteiger partial charge in [-0.05, 0) is 47.5 Å². The summed E-state index contributed by atoms with van der Waals surface area (Å²) in [6, 6.07) is 16.1. The number of carbonyl (C=O) groups excluding carboxylic acids is 1. The van der Waals surface area contributed by atoms with Crippen molar-refractivity contribution in [2.45, 2.75) is 0 Å². The Morgan fingerprint density at radius 2 is 1.52 bits per heavy atom. The number of hydrogen-bond acceptors (Lipinski definition) is 3. The Labute approximate surface area is 132 Å². The average Bonchev–Trinajstić information content (AvgIpc) is 2.58. The van der Waals surface area contributed by atoms with Crippen molar-refractivity contribution in [3.05, 3.63) is 78.2 Å². The van der Waals surface area contributed by atoms with Gasteiger partial charge in [0, 0.05) is 5.56 Å². The molecule has 0 fully saturated rings. The number of benzene rings is 2. The molecule has 4 nitrogen and oxygen atoms in total. The summed E-state index contributed by atoms with van der Waals surface area (Å²) in [6.45, 7) is 0. The summed E-state index contributed by atoms with van der Waals surface area (Å²) < 4.78 is 12.9. The molecule has 2 aromatic carbocycles. The third-order valence-corrected chi connectivity index (χ3v) is 3.31. The summed E-state index contributed by atoms with van der Waals surface area (Å²) in [5.74, 6) is -0.193. The minimum absolute atomic E-state index is 0.0339. The number of carbonyl (C=O) groups is 1. The third kappa shape index (κ3) is 3.52. The molecule has 3 rings (SSSR count). The lowest BCUT2D eigenvalue weighted by atomic mass is 10.0. The molecule has 0 bridgehead atoms. The van der Waals surface area contributed by atoms with Gasteiger partial charge in [0.1, 0.15) is 17.4 Å². The van der Waals surface area contributed by atoms with Crippen molar-refractivity contribution in [1.29, 1.82) is 0 Å². The molecule has 0 aliphatic heterocycles. The molecule has 0 aliphatic carbocycles. The van der Waals surface area contributed by atoms with E-state index in [2.05, 4.69) is 10.3 Å². The Morgan fingerprint density at radius 1 is 0.913 bits per heavy atom. The third-order valence-electron chi connectivity index (χ3n) is 3.31. The highest BCUT2D eigenvalue weighted by molar-refractivity contribution is 6.04. The van der Waals surface area contributed by atoms with E-state index in [4.69, 9.17) is 5.11 Å². The van der Waals surface area contributed by atoms with Gasteiger partial charge in [-0.1, -0.05) is 24.3 Å². The van der Waals surface area contributed by atoms with E-state index in [9.17, 15) is 9.18 Å². The molecule has 2 N–H and O–H groups in total. The van der Waals surface area contributed by atoms with Crippen LogP contribution in [0.3, 0.4) is 0 Å². The zero-order valence-corrected chi connectivity index (χ0v) is 12.0. The summed E-state index contributed by atoms with van der Waals surface area (Å²) in [7, 11) is 0. The van der Waals surface area contributed by atoms with Crippen LogP contribution in [0.5, 0.6) is 5.75 Å². The largest absolute Gasteiger partial charge is 0.506 e. The fraction of sp³-hybridized carbons (Fsp3) is 0. The maximum Gasteiger partial charge on any atom is 0.256 e. The summed E-state index contributed by atoms with van der Waals surface area (Å²) in [4.78, 5) is 16.0. The summed E-state index contributed by atoms with van der Waals surface area (Å²) in [6.07, 6.45) is 1.26. The molecule has 0 radical (unpaired) electrons. The number of hydrogen-bond donors (Lipinski definition) is 2. The molecule has 5 heteroatoms. The first kappa shape index (κ1) is 14.7.